The summed E-state index contributed by atoms with van der Waals surface area (Å²) in [7, 11) is 0. The summed E-state index contributed by atoms with van der Waals surface area (Å²) < 4.78 is 14.2. The fraction of sp³-hybridized carbons (Fsp3) is 0.727. The van der Waals surface area contributed by atoms with Gasteiger partial charge in [-0.05, 0) is 13.3 Å². The molecule has 0 radical (unpaired) electrons. The lowest BCUT2D eigenvalue weighted by Crippen LogP contribution is -2.29. The first-order valence-corrected chi connectivity index (χ1v) is 5.80. The molecule has 0 bridgehead atoms. The summed E-state index contributed by atoms with van der Waals surface area (Å²) in [4.78, 5) is 11.7. The lowest BCUT2D eigenvalue weighted by atomic mass is 10.3. The molecule has 1 fully saturated rings. The molecule has 0 N–H and O–H groups in total. The van der Waals surface area contributed by atoms with Crippen molar-refractivity contribution < 1.29 is 9.47 Å². The number of rotatable bonds is 4. The Hall–Kier alpha value is -1.07. The molecule has 5 nitrogen and oxygen atoms in total. The first-order valence-electron chi connectivity index (χ1n) is 5.80. The van der Waals surface area contributed by atoms with Crippen LogP contribution >= 0.6 is 0 Å². The average Bonchev–Trinajstić information content (AvgIpc) is 2.69. The van der Waals surface area contributed by atoms with Gasteiger partial charge in [0.1, 0.15) is 0 Å². The van der Waals surface area contributed by atoms with Crippen molar-refractivity contribution in [1.29, 1.82) is 0 Å². The van der Waals surface area contributed by atoms with Gasteiger partial charge < -0.3 is 9.47 Å². The first kappa shape index (κ1) is 11.4. The van der Waals surface area contributed by atoms with Gasteiger partial charge in [0.2, 0.25) is 0 Å². The normalized spacial score (nSPS) is 17.8. The van der Waals surface area contributed by atoms with Crippen LogP contribution in [0.4, 0.5) is 0 Å². The number of hydrogen-bond acceptors (Lipinski definition) is 3. The summed E-state index contributed by atoms with van der Waals surface area (Å²) in [6, 6.07) is 0. The summed E-state index contributed by atoms with van der Waals surface area (Å²) in [5, 5.41) is 0. The van der Waals surface area contributed by atoms with Crippen LogP contribution in [0.25, 0.3) is 0 Å². The Balaban J connectivity index is 1.88. The molecule has 0 aliphatic carbocycles. The molecular weight excluding hydrogens is 208 g/mol. The molecule has 1 aromatic rings. The second-order valence-electron chi connectivity index (χ2n) is 3.87. The Kier molecular flexibility index (Phi) is 3.79. The fourth-order valence-corrected chi connectivity index (χ4v) is 1.81. The van der Waals surface area contributed by atoms with Gasteiger partial charge in [-0.25, -0.2) is 4.79 Å². The molecule has 0 amide bonds. The molecule has 5 heteroatoms. The van der Waals surface area contributed by atoms with Crippen molar-refractivity contribution in [2.45, 2.75) is 39.1 Å². The van der Waals surface area contributed by atoms with E-state index in [0.29, 0.717) is 13.1 Å². The van der Waals surface area contributed by atoms with Gasteiger partial charge in [-0.2, -0.15) is 0 Å². The molecule has 90 valence electrons. The SMILES string of the molecule is CCn1ccn(CCC2OCCCO2)c1=O. The molecular formula is C11H18N2O3. The molecule has 16 heavy (non-hydrogen) atoms. The number of imidazole rings is 1. The molecule has 1 aromatic heterocycles. The summed E-state index contributed by atoms with van der Waals surface area (Å²) in [6.07, 6.45) is 5.17. The van der Waals surface area contributed by atoms with Crippen LogP contribution in [-0.4, -0.2) is 28.6 Å². The molecule has 0 atom stereocenters. The predicted molar refractivity (Wildman–Crippen MR) is 59.3 cm³/mol. The van der Waals surface area contributed by atoms with Crippen LogP contribution in [-0.2, 0) is 22.6 Å². The Bertz CT molecular complexity index is 377. The number of ether oxygens (including phenoxy) is 2. The number of aromatic nitrogens is 2. The van der Waals surface area contributed by atoms with Crippen molar-refractivity contribution in [1.82, 2.24) is 9.13 Å². The zero-order valence-electron chi connectivity index (χ0n) is 9.59. The Morgan fingerprint density at radius 2 is 2.00 bits per heavy atom. The van der Waals surface area contributed by atoms with E-state index in [1.165, 1.54) is 0 Å². The molecule has 2 rings (SSSR count). The fourth-order valence-electron chi connectivity index (χ4n) is 1.81. The average molecular weight is 226 g/mol. The van der Waals surface area contributed by atoms with Gasteiger partial charge in [0.05, 0.1) is 13.2 Å². The van der Waals surface area contributed by atoms with E-state index in [-0.39, 0.29) is 12.0 Å². The van der Waals surface area contributed by atoms with Gasteiger partial charge in [0, 0.05) is 31.9 Å². The van der Waals surface area contributed by atoms with Gasteiger partial charge >= 0.3 is 5.69 Å². The van der Waals surface area contributed by atoms with Gasteiger partial charge in [-0.3, -0.25) is 9.13 Å². The van der Waals surface area contributed by atoms with Crippen LogP contribution in [0.3, 0.4) is 0 Å². The molecule has 0 aromatic carbocycles. The zero-order chi connectivity index (χ0) is 11.4. The minimum Gasteiger partial charge on any atom is -0.353 e. The number of aryl methyl sites for hydroxylation is 2. The lowest BCUT2D eigenvalue weighted by Gasteiger charge is -2.22. The van der Waals surface area contributed by atoms with Crippen LogP contribution < -0.4 is 5.69 Å². The Morgan fingerprint density at radius 3 is 2.62 bits per heavy atom. The van der Waals surface area contributed by atoms with Gasteiger partial charge in [0.15, 0.2) is 6.29 Å². The maximum atomic E-state index is 11.7. The highest BCUT2D eigenvalue weighted by atomic mass is 16.7. The minimum atomic E-state index is -0.148. The summed E-state index contributed by atoms with van der Waals surface area (Å²) in [5.74, 6) is 0. The predicted octanol–water partition coefficient (Wildman–Crippen LogP) is 0.823. The number of nitrogens with zero attached hydrogens (tertiary/aromatic N) is 2. The highest BCUT2D eigenvalue weighted by Gasteiger charge is 2.14. The zero-order valence-corrected chi connectivity index (χ0v) is 9.59. The van der Waals surface area contributed by atoms with Crippen molar-refractivity contribution >= 4 is 0 Å². The summed E-state index contributed by atoms with van der Waals surface area (Å²) in [5.41, 5.74) is 0.0401. The van der Waals surface area contributed by atoms with Crippen molar-refractivity contribution in [2.24, 2.45) is 0 Å². The maximum Gasteiger partial charge on any atom is 0.328 e. The van der Waals surface area contributed by atoms with Crippen LogP contribution in [0.1, 0.15) is 19.8 Å². The van der Waals surface area contributed by atoms with Crippen molar-refractivity contribution in [3.05, 3.63) is 22.9 Å². The van der Waals surface area contributed by atoms with E-state index in [1.807, 2.05) is 19.3 Å². The van der Waals surface area contributed by atoms with Crippen molar-refractivity contribution in [2.75, 3.05) is 13.2 Å². The van der Waals surface area contributed by atoms with E-state index < -0.39 is 0 Å². The topological polar surface area (TPSA) is 45.4 Å². The molecule has 1 saturated heterocycles. The number of hydrogen-bond donors (Lipinski definition) is 0. The Labute approximate surface area is 94.6 Å². The smallest absolute Gasteiger partial charge is 0.328 e. The molecule has 0 unspecified atom stereocenters. The third-order valence-electron chi connectivity index (χ3n) is 2.76. The lowest BCUT2D eigenvalue weighted by molar-refractivity contribution is -0.182. The van der Waals surface area contributed by atoms with E-state index in [0.717, 1.165) is 26.1 Å². The van der Waals surface area contributed by atoms with Crippen LogP contribution in [0.2, 0.25) is 0 Å². The second-order valence-corrected chi connectivity index (χ2v) is 3.87. The largest absolute Gasteiger partial charge is 0.353 e. The molecule has 0 spiro atoms. The summed E-state index contributed by atoms with van der Waals surface area (Å²) >= 11 is 0. The highest BCUT2D eigenvalue weighted by Crippen LogP contribution is 2.08. The van der Waals surface area contributed by atoms with Gasteiger partial charge in [-0.15, -0.1) is 0 Å². The van der Waals surface area contributed by atoms with Crippen molar-refractivity contribution in [3.63, 3.8) is 0 Å². The highest BCUT2D eigenvalue weighted by molar-refractivity contribution is 4.81. The van der Waals surface area contributed by atoms with Crippen molar-refractivity contribution in [3.8, 4) is 0 Å². The third-order valence-corrected chi connectivity index (χ3v) is 2.76. The second kappa shape index (κ2) is 5.32. The quantitative estimate of drug-likeness (QED) is 0.763. The maximum absolute atomic E-state index is 11.7. The van der Waals surface area contributed by atoms with E-state index in [2.05, 4.69) is 0 Å². The Morgan fingerprint density at radius 1 is 1.31 bits per heavy atom. The molecule has 1 aliphatic rings. The summed E-state index contributed by atoms with van der Waals surface area (Å²) in [6.45, 7) is 4.84. The van der Waals surface area contributed by atoms with E-state index in [1.54, 1.807) is 9.13 Å². The first-order chi connectivity index (χ1) is 7.81. The van der Waals surface area contributed by atoms with Crippen LogP contribution in [0.5, 0.6) is 0 Å². The minimum absolute atomic E-state index is 0.0401. The van der Waals surface area contributed by atoms with Gasteiger partial charge in [-0.1, -0.05) is 0 Å². The third kappa shape index (κ3) is 2.54. The standard InChI is InChI=1S/C11H18N2O3/c1-2-12-6-7-13(11(12)14)5-4-10-15-8-3-9-16-10/h6-7,10H,2-5,8-9H2,1H3. The van der Waals surface area contributed by atoms with Crippen LogP contribution in [0, 0.1) is 0 Å². The van der Waals surface area contributed by atoms with Gasteiger partial charge in [0.25, 0.3) is 0 Å². The van der Waals surface area contributed by atoms with E-state index in [9.17, 15) is 4.79 Å². The molecule has 0 saturated carbocycles. The molecule has 1 aliphatic heterocycles. The molecule has 2 heterocycles. The van der Waals surface area contributed by atoms with Crippen LogP contribution in [0.15, 0.2) is 17.2 Å². The van der Waals surface area contributed by atoms with E-state index >= 15 is 0 Å². The monoisotopic (exact) mass is 226 g/mol. The van der Waals surface area contributed by atoms with E-state index in [4.69, 9.17) is 9.47 Å².